The molecule has 1 nitrogen and oxygen atoms in total. The lowest BCUT2D eigenvalue weighted by molar-refractivity contribution is 0.625. The Morgan fingerprint density at radius 3 is 2.56 bits per heavy atom. The van der Waals surface area contributed by atoms with Crippen LogP contribution >= 0.6 is 23.2 Å². The van der Waals surface area contributed by atoms with Crippen molar-refractivity contribution in [2.45, 2.75) is 6.54 Å². The first-order valence-corrected chi connectivity index (χ1v) is 5.95. The van der Waals surface area contributed by atoms with Gasteiger partial charge in [-0.1, -0.05) is 29.3 Å². The second kappa shape index (κ2) is 5.55. The number of anilines is 1. The van der Waals surface area contributed by atoms with Crippen LogP contribution in [0.25, 0.3) is 0 Å². The molecule has 0 aliphatic carbocycles. The summed E-state index contributed by atoms with van der Waals surface area (Å²) in [6.07, 6.45) is 0. The van der Waals surface area contributed by atoms with Gasteiger partial charge in [0.1, 0.15) is 5.82 Å². The lowest BCUT2D eigenvalue weighted by Gasteiger charge is -2.09. The first-order chi connectivity index (χ1) is 8.56. The molecule has 0 aliphatic rings. The van der Waals surface area contributed by atoms with E-state index in [1.807, 2.05) is 0 Å². The highest BCUT2D eigenvalue weighted by Crippen LogP contribution is 2.23. The van der Waals surface area contributed by atoms with E-state index in [4.69, 9.17) is 23.2 Å². The minimum Gasteiger partial charge on any atom is -0.379 e. The molecule has 0 atom stereocenters. The van der Waals surface area contributed by atoms with Crippen molar-refractivity contribution in [2.75, 3.05) is 5.32 Å². The van der Waals surface area contributed by atoms with E-state index in [1.165, 1.54) is 18.2 Å². The molecule has 0 spiro atoms. The van der Waals surface area contributed by atoms with Crippen molar-refractivity contribution in [1.29, 1.82) is 0 Å². The summed E-state index contributed by atoms with van der Waals surface area (Å²) >= 11 is 11.4. The van der Waals surface area contributed by atoms with E-state index in [-0.39, 0.29) is 17.3 Å². The number of benzene rings is 2. The Hall–Kier alpha value is -1.32. The third-order valence-electron chi connectivity index (χ3n) is 2.36. The average Bonchev–Trinajstić information content (AvgIpc) is 2.30. The smallest absolute Gasteiger partial charge is 0.164 e. The van der Waals surface area contributed by atoms with E-state index >= 15 is 0 Å². The normalized spacial score (nSPS) is 10.4. The van der Waals surface area contributed by atoms with Crippen LogP contribution in [0.15, 0.2) is 36.4 Å². The third kappa shape index (κ3) is 3.12. The zero-order valence-corrected chi connectivity index (χ0v) is 10.7. The molecular formula is C13H9Cl2F2N. The standard InChI is InChI=1S/C13H9Cl2F2N/c14-9-4-8(5-10(16)6-9)7-18-12-3-1-2-11(15)13(12)17/h1-6,18H,7H2. The Labute approximate surface area is 113 Å². The maximum absolute atomic E-state index is 13.6. The first-order valence-electron chi connectivity index (χ1n) is 5.19. The Morgan fingerprint density at radius 2 is 1.83 bits per heavy atom. The number of nitrogens with one attached hydrogen (secondary N) is 1. The second-order valence-corrected chi connectivity index (χ2v) is 4.58. The SMILES string of the molecule is Fc1cc(Cl)cc(CNc2cccc(Cl)c2F)c1. The van der Waals surface area contributed by atoms with E-state index in [9.17, 15) is 8.78 Å². The predicted octanol–water partition coefficient (Wildman–Crippen LogP) is 4.88. The van der Waals surface area contributed by atoms with Gasteiger partial charge in [0.25, 0.3) is 0 Å². The van der Waals surface area contributed by atoms with Crippen LogP contribution in [0.5, 0.6) is 0 Å². The van der Waals surface area contributed by atoms with Crippen LogP contribution in [0.4, 0.5) is 14.5 Å². The number of rotatable bonds is 3. The topological polar surface area (TPSA) is 12.0 Å². The molecule has 2 aromatic rings. The molecule has 0 amide bonds. The zero-order valence-electron chi connectivity index (χ0n) is 9.18. The van der Waals surface area contributed by atoms with Crippen LogP contribution < -0.4 is 5.32 Å². The molecule has 0 bridgehead atoms. The lowest BCUT2D eigenvalue weighted by atomic mass is 10.2. The fourth-order valence-corrected chi connectivity index (χ4v) is 1.97. The molecule has 1 N–H and O–H groups in total. The predicted molar refractivity (Wildman–Crippen MR) is 70.1 cm³/mol. The van der Waals surface area contributed by atoms with E-state index in [0.29, 0.717) is 10.6 Å². The van der Waals surface area contributed by atoms with Gasteiger partial charge in [-0.05, 0) is 35.9 Å². The Morgan fingerprint density at radius 1 is 1.06 bits per heavy atom. The highest BCUT2D eigenvalue weighted by molar-refractivity contribution is 6.31. The van der Waals surface area contributed by atoms with Crippen molar-refractivity contribution in [3.05, 3.63) is 63.6 Å². The molecular weight excluding hydrogens is 279 g/mol. The molecule has 0 aromatic heterocycles. The average molecular weight is 288 g/mol. The van der Waals surface area contributed by atoms with Gasteiger partial charge < -0.3 is 5.32 Å². The molecule has 0 radical (unpaired) electrons. The van der Waals surface area contributed by atoms with Crippen LogP contribution in [0, 0.1) is 11.6 Å². The van der Waals surface area contributed by atoms with Gasteiger partial charge in [0, 0.05) is 11.6 Å². The molecule has 0 saturated heterocycles. The molecule has 0 unspecified atom stereocenters. The van der Waals surface area contributed by atoms with E-state index in [1.54, 1.807) is 18.2 Å². The van der Waals surface area contributed by atoms with Crippen LogP contribution in [-0.2, 0) is 6.54 Å². The maximum atomic E-state index is 13.6. The van der Waals surface area contributed by atoms with Crippen LogP contribution in [0.3, 0.4) is 0 Å². The largest absolute Gasteiger partial charge is 0.379 e. The van der Waals surface area contributed by atoms with E-state index in [2.05, 4.69) is 5.32 Å². The molecule has 0 fully saturated rings. The van der Waals surface area contributed by atoms with Crippen molar-refractivity contribution in [3.63, 3.8) is 0 Å². The van der Waals surface area contributed by atoms with Gasteiger partial charge in [-0.15, -0.1) is 0 Å². The molecule has 0 aliphatic heterocycles. The fourth-order valence-electron chi connectivity index (χ4n) is 1.55. The minimum absolute atomic E-state index is 0.0391. The van der Waals surface area contributed by atoms with Crippen molar-refractivity contribution in [1.82, 2.24) is 0 Å². The number of hydrogen-bond donors (Lipinski definition) is 1. The highest BCUT2D eigenvalue weighted by Gasteiger charge is 2.06. The summed E-state index contributed by atoms with van der Waals surface area (Å²) in [5.41, 5.74) is 0.891. The fraction of sp³-hybridized carbons (Fsp3) is 0.0769. The van der Waals surface area contributed by atoms with E-state index < -0.39 is 11.6 Å². The summed E-state index contributed by atoms with van der Waals surface area (Å²) < 4.78 is 26.7. The third-order valence-corrected chi connectivity index (χ3v) is 2.87. The molecule has 2 rings (SSSR count). The van der Waals surface area contributed by atoms with Crippen molar-refractivity contribution in [2.24, 2.45) is 0 Å². The van der Waals surface area contributed by atoms with Gasteiger partial charge in [0.2, 0.25) is 0 Å². The molecule has 0 heterocycles. The van der Waals surface area contributed by atoms with Gasteiger partial charge in [0.05, 0.1) is 10.7 Å². The molecule has 5 heteroatoms. The van der Waals surface area contributed by atoms with Crippen molar-refractivity contribution >= 4 is 28.9 Å². The van der Waals surface area contributed by atoms with Gasteiger partial charge >= 0.3 is 0 Å². The second-order valence-electron chi connectivity index (χ2n) is 3.73. The van der Waals surface area contributed by atoms with Crippen LogP contribution in [0.1, 0.15) is 5.56 Å². The summed E-state index contributed by atoms with van der Waals surface area (Å²) in [5.74, 6) is -0.951. The quantitative estimate of drug-likeness (QED) is 0.848. The first kappa shape index (κ1) is 13.1. The molecule has 2 aromatic carbocycles. The van der Waals surface area contributed by atoms with Gasteiger partial charge in [0.15, 0.2) is 5.82 Å². The highest BCUT2D eigenvalue weighted by atomic mass is 35.5. The Kier molecular flexibility index (Phi) is 4.04. The van der Waals surface area contributed by atoms with Gasteiger partial charge in [-0.3, -0.25) is 0 Å². The van der Waals surface area contributed by atoms with Gasteiger partial charge in [-0.25, -0.2) is 8.78 Å². The molecule has 94 valence electrons. The summed E-state index contributed by atoms with van der Waals surface area (Å²) in [7, 11) is 0. The minimum atomic E-state index is -0.526. The van der Waals surface area contributed by atoms with E-state index in [0.717, 1.165) is 0 Å². The maximum Gasteiger partial charge on any atom is 0.164 e. The Bertz CT molecular complexity index is 553. The number of halogens is 4. The number of hydrogen-bond acceptors (Lipinski definition) is 1. The van der Waals surface area contributed by atoms with Gasteiger partial charge in [-0.2, -0.15) is 0 Å². The summed E-state index contributed by atoms with van der Waals surface area (Å²) in [4.78, 5) is 0. The lowest BCUT2D eigenvalue weighted by Crippen LogP contribution is -2.02. The monoisotopic (exact) mass is 287 g/mol. The summed E-state index contributed by atoms with van der Waals surface area (Å²) in [5, 5.41) is 3.18. The Balaban J connectivity index is 2.14. The summed E-state index contributed by atoms with van der Waals surface area (Å²) in [6.45, 7) is 0.259. The molecule has 18 heavy (non-hydrogen) atoms. The van der Waals surface area contributed by atoms with Crippen molar-refractivity contribution in [3.8, 4) is 0 Å². The van der Waals surface area contributed by atoms with Crippen LogP contribution in [-0.4, -0.2) is 0 Å². The zero-order chi connectivity index (χ0) is 13.1. The van der Waals surface area contributed by atoms with Crippen LogP contribution in [0.2, 0.25) is 10.0 Å². The molecule has 0 saturated carbocycles. The van der Waals surface area contributed by atoms with Crippen molar-refractivity contribution < 1.29 is 8.78 Å². The summed E-state index contributed by atoms with van der Waals surface area (Å²) in [6, 6.07) is 8.81.